The van der Waals surface area contributed by atoms with Gasteiger partial charge in [-0.15, -0.1) is 5.10 Å². The molecule has 3 atom stereocenters. The number of rotatable bonds is 6. The van der Waals surface area contributed by atoms with Gasteiger partial charge < -0.3 is 15.0 Å². The number of anilines is 2. The molecule has 2 saturated carbocycles. The van der Waals surface area contributed by atoms with Crippen molar-refractivity contribution in [3.05, 3.63) is 35.4 Å². The van der Waals surface area contributed by atoms with Gasteiger partial charge in [-0.1, -0.05) is 11.6 Å². The molecule has 0 radical (unpaired) electrons. The quantitative estimate of drug-likeness (QED) is 0.512. The second kappa shape index (κ2) is 8.14. The maximum atomic E-state index is 12.7. The third-order valence-corrected chi connectivity index (χ3v) is 7.14. The fourth-order valence-electron chi connectivity index (χ4n) is 5.27. The van der Waals surface area contributed by atoms with Crippen LogP contribution in [0.3, 0.4) is 0 Å². The summed E-state index contributed by atoms with van der Waals surface area (Å²) >= 11 is 6.05. The van der Waals surface area contributed by atoms with E-state index in [1.807, 2.05) is 0 Å². The Morgan fingerprint density at radius 3 is 2.53 bits per heavy atom. The highest BCUT2D eigenvalue weighted by molar-refractivity contribution is 6.29. The van der Waals surface area contributed by atoms with Crippen LogP contribution < -0.4 is 15.0 Å². The van der Waals surface area contributed by atoms with Crippen LogP contribution in [0.5, 0.6) is 5.75 Å². The molecule has 2 aliphatic carbocycles. The topological polar surface area (TPSA) is 80.5 Å². The number of nitrogens with one attached hydrogen (secondary N) is 1. The lowest BCUT2D eigenvalue weighted by Crippen LogP contribution is -2.48. The summed E-state index contributed by atoms with van der Waals surface area (Å²) in [7, 11) is 0. The Morgan fingerprint density at radius 1 is 1.09 bits per heavy atom. The number of alkyl halides is 3. The summed E-state index contributed by atoms with van der Waals surface area (Å²) in [6, 6.07) is 5.32. The highest BCUT2D eigenvalue weighted by atomic mass is 35.5. The fourth-order valence-corrected chi connectivity index (χ4v) is 5.41. The summed E-state index contributed by atoms with van der Waals surface area (Å²) < 4.78 is 44.9. The van der Waals surface area contributed by atoms with Crippen molar-refractivity contribution < 1.29 is 17.9 Å². The Hall–Kier alpha value is -2.82. The predicted octanol–water partition coefficient (Wildman–Crippen LogP) is 4.32. The van der Waals surface area contributed by atoms with Gasteiger partial charge in [0.2, 0.25) is 5.95 Å². The maximum absolute atomic E-state index is 12.7. The van der Waals surface area contributed by atoms with E-state index in [0.717, 1.165) is 50.3 Å². The smallest absolute Gasteiger partial charge is 0.422 e. The summed E-state index contributed by atoms with van der Waals surface area (Å²) in [5, 5.41) is 8.55. The minimum absolute atomic E-state index is 0.0840. The molecule has 3 aliphatic rings. The number of halogens is 4. The molecule has 12 heteroatoms. The summed E-state index contributed by atoms with van der Waals surface area (Å²) in [5.74, 6) is 2.41. The number of aromatic nitrogens is 5. The van der Waals surface area contributed by atoms with Crippen LogP contribution in [0, 0.1) is 11.8 Å². The van der Waals surface area contributed by atoms with Gasteiger partial charge in [0, 0.05) is 36.8 Å². The van der Waals surface area contributed by atoms with Gasteiger partial charge in [-0.05, 0) is 49.7 Å². The molecular weight excluding hydrogens is 471 g/mol. The summed E-state index contributed by atoms with van der Waals surface area (Å²) in [4.78, 5) is 15.1. The number of piperidine rings is 1. The molecule has 3 fully saturated rings. The highest BCUT2D eigenvalue weighted by Gasteiger charge is 2.43. The van der Waals surface area contributed by atoms with Gasteiger partial charge >= 0.3 is 6.18 Å². The van der Waals surface area contributed by atoms with Crippen molar-refractivity contribution in [3.63, 3.8) is 0 Å². The van der Waals surface area contributed by atoms with Crippen LogP contribution in [0.4, 0.5) is 24.9 Å². The highest BCUT2D eigenvalue weighted by Crippen LogP contribution is 2.42. The number of hydrogen-bond donors (Lipinski definition) is 1. The first-order valence-corrected chi connectivity index (χ1v) is 11.8. The minimum atomic E-state index is -4.42. The van der Waals surface area contributed by atoms with Crippen molar-refractivity contribution in [1.82, 2.24) is 24.6 Å². The van der Waals surface area contributed by atoms with Crippen molar-refractivity contribution in [2.45, 2.75) is 43.8 Å². The zero-order valence-corrected chi connectivity index (χ0v) is 18.9. The second-order valence-corrected chi connectivity index (χ2v) is 9.73. The molecule has 0 spiro atoms. The van der Waals surface area contributed by atoms with Crippen molar-refractivity contribution in [3.8, 4) is 5.75 Å². The molecule has 3 aromatic heterocycles. The van der Waals surface area contributed by atoms with Crippen LogP contribution in [0.15, 0.2) is 24.5 Å². The van der Waals surface area contributed by atoms with Crippen molar-refractivity contribution >= 4 is 29.0 Å². The fraction of sp³-hybridized carbons (Fsp3) is 0.545. The average Bonchev–Trinajstić information content (AvgIpc) is 3.50. The van der Waals surface area contributed by atoms with Gasteiger partial charge in [-0.2, -0.15) is 18.2 Å². The molecule has 1 aliphatic heterocycles. The van der Waals surface area contributed by atoms with Crippen molar-refractivity contribution in [2.24, 2.45) is 11.8 Å². The predicted molar refractivity (Wildman–Crippen MR) is 119 cm³/mol. The van der Waals surface area contributed by atoms with E-state index in [0.29, 0.717) is 34.5 Å². The van der Waals surface area contributed by atoms with Crippen LogP contribution in [0.1, 0.15) is 37.3 Å². The lowest BCUT2D eigenvalue weighted by atomic mass is 9.92. The summed E-state index contributed by atoms with van der Waals surface area (Å²) in [6.07, 6.45) is 1.26. The lowest BCUT2D eigenvalue weighted by Gasteiger charge is -2.38. The molecule has 34 heavy (non-hydrogen) atoms. The third kappa shape index (κ3) is 4.21. The Kier molecular flexibility index (Phi) is 5.20. The van der Waals surface area contributed by atoms with E-state index in [1.165, 1.54) is 6.33 Å². The molecule has 4 heterocycles. The van der Waals surface area contributed by atoms with E-state index < -0.39 is 12.8 Å². The molecule has 0 amide bonds. The van der Waals surface area contributed by atoms with Gasteiger partial charge in [0.05, 0.1) is 0 Å². The molecule has 0 aromatic carbocycles. The van der Waals surface area contributed by atoms with E-state index in [1.54, 1.807) is 22.7 Å². The monoisotopic (exact) mass is 493 g/mol. The summed E-state index contributed by atoms with van der Waals surface area (Å²) in [5.41, 5.74) is 1.27. The molecule has 1 N–H and O–H groups in total. The molecule has 8 nitrogen and oxygen atoms in total. The van der Waals surface area contributed by atoms with Crippen LogP contribution in [0.2, 0.25) is 5.15 Å². The summed E-state index contributed by atoms with van der Waals surface area (Å²) in [6.45, 7) is 0.279. The van der Waals surface area contributed by atoms with Gasteiger partial charge in [-0.25, -0.2) is 14.5 Å². The van der Waals surface area contributed by atoms with Crippen LogP contribution in [-0.4, -0.2) is 56.5 Å². The van der Waals surface area contributed by atoms with E-state index in [-0.39, 0.29) is 11.8 Å². The normalized spacial score (nSPS) is 24.6. The minimum Gasteiger partial charge on any atom is -0.480 e. The molecule has 6 rings (SSSR count). The first-order chi connectivity index (χ1) is 16.3. The van der Waals surface area contributed by atoms with Gasteiger partial charge in [0.1, 0.15) is 17.3 Å². The Morgan fingerprint density at radius 2 is 1.85 bits per heavy atom. The maximum Gasteiger partial charge on any atom is 0.422 e. The molecule has 3 aromatic rings. The number of fused-ring (bicyclic) bond motifs is 3. The first-order valence-electron chi connectivity index (χ1n) is 11.4. The second-order valence-electron chi connectivity index (χ2n) is 9.34. The standard InChI is InChI=1S/C22H23ClF3N7O/c23-17-7-18(28-11-27-17)32-8-13-3-4-14(9-32)19(13)29-21-30-20-16(34-10-22(24,25)26)6-5-15(12-1-2-12)33(20)31-21/h5-7,11-14,19H,1-4,8-10H2,(H,29,31)/t13-,14+,19-. The number of ether oxygens (including phenoxy) is 1. The van der Waals surface area contributed by atoms with Crippen LogP contribution in [0.25, 0.3) is 5.65 Å². The zero-order chi connectivity index (χ0) is 23.4. The Labute approximate surface area is 198 Å². The number of pyridine rings is 1. The van der Waals surface area contributed by atoms with Crippen LogP contribution >= 0.6 is 11.6 Å². The van der Waals surface area contributed by atoms with E-state index >= 15 is 0 Å². The lowest BCUT2D eigenvalue weighted by molar-refractivity contribution is -0.153. The number of nitrogens with zero attached hydrogens (tertiary/aromatic N) is 6. The van der Waals surface area contributed by atoms with E-state index in [9.17, 15) is 13.2 Å². The Bertz CT molecular complexity index is 1200. The van der Waals surface area contributed by atoms with Crippen molar-refractivity contribution in [2.75, 3.05) is 29.9 Å². The van der Waals surface area contributed by atoms with Gasteiger partial charge in [0.25, 0.3) is 0 Å². The van der Waals surface area contributed by atoms with Crippen molar-refractivity contribution in [1.29, 1.82) is 0 Å². The molecule has 2 bridgehead atoms. The van der Waals surface area contributed by atoms with Gasteiger partial charge in [-0.3, -0.25) is 0 Å². The molecule has 180 valence electrons. The van der Waals surface area contributed by atoms with E-state index in [2.05, 4.69) is 30.3 Å². The molecular formula is C22H23ClF3N7O. The van der Waals surface area contributed by atoms with Gasteiger partial charge in [0.15, 0.2) is 18.0 Å². The van der Waals surface area contributed by atoms with Crippen LogP contribution in [-0.2, 0) is 0 Å². The largest absolute Gasteiger partial charge is 0.480 e. The number of hydrogen-bond acceptors (Lipinski definition) is 7. The molecule has 0 unspecified atom stereocenters. The molecule has 1 saturated heterocycles. The average molecular weight is 494 g/mol. The zero-order valence-electron chi connectivity index (χ0n) is 18.2. The van der Waals surface area contributed by atoms with E-state index in [4.69, 9.17) is 16.3 Å². The Balaban J connectivity index is 1.24. The SMILES string of the molecule is FC(F)(F)COc1ccc(C2CC2)n2nc(N[C@@H]3[C@@H]4CC[C@H]3CN(c3cc(Cl)ncn3)C4)nc12. The first kappa shape index (κ1) is 21.7. The third-order valence-electron chi connectivity index (χ3n) is 6.94.